The Morgan fingerprint density at radius 3 is 2.26 bits per heavy atom. The summed E-state index contributed by atoms with van der Waals surface area (Å²) in [5, 5.41) is 0. The Labute approximate surface area is 122 Å². The Hall–Kier alpha value is -1.48. The number of aryl methyl sites for hydroxylation is 3. The molecule has 2 aromatic carbocycles. The van der Waals surface area contributed by atoms with Gasteiger partial charge in [-0.25, -0.2) is 0 Å². The normalized spacial score (nSPS) is 10.5. The Balaban J connectivity index is 2.24. The van der Waals surface area contributed by atoms with Crippen molar-refractivity contribution in [3.8, 4) is 5.75 Å². The minimum absolute atomic E-state index is 0.547. The standard InChI is InChI=1S/C16H18BrNO/c1-10-5-4-6-11(2)14(10)9-19-16-12(3)7-13(17)8-15(16)18/h4-8H,9,18H2,1-3H3. The van der Waals surface area contributed by atoms with Gasteiger partial charge in [0.25, 0.3) is 0 Å². The average molecular weight is 320 g/mol. The smallest absolute Gasteiger partial charge is 0.145 e. The van der Waals surface area contributed by atoms with Gasteiger partial charge in [-0.3, -0.25) is 0 Å². The van der Waals surface area contributed by atoms with Crippen LogP contribution in [0.25, 0.3) is 0 Å². The molecule has 0 radical (unpaired) electrons. The van der Waals surface area contributed by atoms with E-state index in [4.69, 9.17) is 10.5 Å². The number of hydrogen-bond acceptors (Lipinski definition) is 2. The number of benzene rings is 2. The minimum atomic E-state index is 0.547. The van der Waals surface area contributed by atoms with Crippen molar-refractivity contribution in [1.29, 1.82) is 0 Å². The van der Waals surface area contributed by atoms with E-state index in [1.54, 1.807) is 0 Å². The molecule has 0 aliphatic heterocycles. The third-order valence-electron chi connectivity index (χ3n) is 3.27. The van der Waals surface area contributed by atoms with Crippen LogP contribution >= 0.6 is 15.9 Å². The molecule has 0 aliphatic rings. The monoisotopic (exact) mass is 319 g/mol. The summed E-state index contributed by atoms with van der Waals surface area (Å²) in [5.74, 6) is 0.769. The van der Waals surface area contributed by atoms with E-state index in [1.165, 1.54) is 16.7 Å². The summed E-state index contributed by atoms with van der Waals surface area (Å²) in [6.45, 7) is 6.75. The van der Waals surface area contributed by atoms with Gasteiger partial charge in [0.1, 0.15) is 12.4 Å². The van der Waals surface area contributed by atoms with Crippen molar-refractivity contribution in [2.75, 3.05) is 5.73 Å². The highest BCUT2D eigenvalue weighted by Crippen LogP contribution is 2.31. The lowest BCUT2D eigenvalue weighted by Gasteiger charge is -2.15. The average Bonchev–Trinajstić information content (AvgIpc) is 2.31. The van der Waals surface area contributed by atoms with Gasteiger partial charge in [0.15, 0.2) is 0 Å². The lowest BCUT2D eigenvalue weighted by Crippen LogP contribution is -2.03. The molecule has 0 atom stereocenters. The molecule has 0 fully saturated rings. The van der Waals surface area contributed by atoms with E-state index in [2.05, 4.69) is 48.0 Å². The maximum Gasteiger partial charge on any atom is 0.145 e. The lowest BCUT2D eigenvalue weighted by molar-refractivity contribution is 0.304. The zero-order chi connectivity index (χ0) is 14.0. The van der Waals surface area contributed by atoms with E-state index >= 15 is 0 Å². The van der Waals surface area contributed by atoms with Crippen LogP contribution in [0.5, 0.6) is 5.75 Å². The first-order valence-electron chi connectivity index (χ1n) is 6.22. The zero-order valence-corrected chi connectivity index (χ0v) is 13.0. The number of anilines is 1. The number of nitrogens with two attached hydrogens (primary N) is 1. The predicted octanol–water partition coefficient (Wildman–Crippen LogP) is 4.54. The molecule has 3 heteroatoms. The van der Waals surface area contributed by atoms with Crippen LogP contribution in [0.15, 0.2) is 34.8 Å². The van der Waals surface area contributed by atoms with Crippen LogP contribution in [0.4, 0.5) is 5.69 Å². The van der Waals surface area contributed by atoms with Crippen LogP contribution in [0, 0.1) is 20.8 Å². The highest BCUT2D eigenvalue weighted by molar-refractivity contribution is 9.10. The Bertz CT molecular complexity index is 564. The van der Waals surface area contributed by atoms with Gasteiger partial charge in [0.2, 0.25) is 0 Å². The van der Waals surface area contributed by atoms with Gasteiger partial charge in [0.05, 0.1) is 5.69 Å². The largest absolute Gasteiger partial charge is 0.486 e. The van der Waals surface area contributed by atoms with Crippen LogP contribution < -0.4 is 10.5 Å². The molecule has 0 aliphatic carbocycles. The van der Waals surface area contributed by atoms with Crippen molar-refractivity contribution in [3.05, 3.63) is 57.1 Å². The predicted molar refractivity (Wildman–Crippen MR) is 83.5 cm³/mol. The van der Waals surface area contributed by atoms with E-state index in [0.29, 0.717) is 12.3 Å². The van der Waals surface area contributed by atoms with Crippen molar-refractivity contribution in [1.82, 2.24) is 0 Å². The highest BCUT2D eigenvalue weighted by atomic mass is 79.9. The summed E-state index contributed by atoms with van der Waals surface area (Å²) in [4.78, 5) is 0. The maximum absolute atomic E-state index is 6.01. The second-order valence-electron chi connectivity index (χ2n) is 4.80. The summed E-state index contributed by atoms with van der Waals surface area (Å²) in [7, 11) is 0. The molecule has 2 aromatic rings. The van der Waals surface area contributed by atoms with Gasteiger partial charge in [-0.15, -0.1) is 0 Å². The lowest BCUT2D eigenvalue weighted by atomic mass is 10.0. The first-order valence-corrected chi connectivity index (χ1v) is 7.02. The molecule has 0 spiro atoms. The molecular formula is C16H18BrNO. The van der Waals surface area contributed by atoms with Crippen molar-refractivity contribution in [3.63, 3.8) is 0 Å². The Morgan fingerprint density at radius 1 is 1.05 bits per heavy atom. The molecule has 0 saturated heterocycles. The molecule has 2 rings (SSSR count). The van der Waals surface area contributed by atoms with Crippen molar-refractivity contribution < 1.29 is 4.74 Å². The third-order valence-corrected chi connectivity index (χ3v) is 3.73. The van der Waals surface area contributed by atoms with Gasteiger partial charge >= 0.3 is 0 Å². The molecule has 0 saturated carbocycles. The van der Waals surface area contributed by atoms with Gasteiger partial charge in [-0.1, -0.05) is 34.1 Å². The molecule has 0 unspecified atom stereocenters. The van der Waals surface area contributed by atoms with Gasteiger partial charge in [-0.2, -0.15) is 0 Å². The first-order chi connectivity index (χ1) is 8.99. The topological polar surface area (TPSA) is 35.2 Å². The van der Waals surface area contributed by atoms with Crippen LogP contribution in [0.1, 0.15) is 22.3 Å². The molecule has 2 nitrogen and oxygen atoms in total. The van der Waals surface area contributed by atoms with E-state index in [9.17, 15) is 0 Å². The summed E-state index contributed by atoms with van der Waals surface area (Å²) >= 11 is 3.43. The van der Waals surface area contributed by atoms with Crippen LogP contribution in [0.2, 0.25) is 0 Å². The summed E-state index contributed by atoms with van der Waals surface area (Å²) in [6.07, 6.45) is 0. The Morgan fingerprint density at radius 2 is 1.68 bits per heavy atom. The quantitative estimate of drug-likeness (QED) is 0.843. The fraction of sp³-hybridized carbons (Fsp3) is 0.250. The number of hydrogen-bond donors (Lipinski definition) is 1. The zero-order valence-electron chi connectivity index (χ0n) is 11.5. The van der Waals surface area contributed by atoms with E-state index < -0.39 is 0 Å². The van der Waals surface area contributed by atoms with E-state index in [-0.39, 0.29) is 0 Å². The molecular weight excluding hydrogens is 302 g/mol. The number of halogens is 1. The molecule has 0 bridgehead atoms. The van der Waals surface area contributed by atoms with Crippen LogP contribution in [-0.4, -0.2) is 0 Å². The molecule has 2 N–H and O–H groups in total. The van der Waals surface area contributed by atoms with E-state index in [1.807, 2.05) is 19.1 Å². The second kappa shape index (κ2) is 5.66. The third kappa shape index (κ3) is 3.10. The fourth-order valence-corrected chi connectivity index (χ4v) is 2.76. The summed E-state index contributed by atoms with van der Waals surface area (Å²) < 4.78 is 6.90. The number of ether oxygens (including phenoxy) is 1. The second-order valence-corrected chi connectivity index (χ2v) is 5.72. The number of rotatable bonds is 3. The number of nitrogen functional groups attached to an aromatic ring is 1. The van der Waals surface area contributed by atoms with Crippen molar-refractivity contribution in [2.45, 2.75) is 27.4 Å². The van der Waals surface area contributed by atoms with Crippen molar-refractivity contribution in [2.24, 2.45) is 0 Å². The minimum Gasteiger partial charge on any atom is -0.486 e. The highest BCUT2D eigenvalue weighted by Gasteiger charge is 2.08. The summed E-state index contributed by atoms with van der Waals surface area (Å²) in [6, 6.07) is 10.1. The van der Waals surface area contributed by atoms with Crippen LogP contribution in [-0.2, 0) is 6.61 Å². The molecule has 19 heavy (non-hydrogen) atoms. The van der Waals surface area contributed by atoms with Gasteiger partial charge in [-0.05, 0) is 55.2 Å². The Kier molecular flexibility index (Phi) is 4.15. The molecule has 0 aromatic heterocycles. The summed E-state index contributed by atoms with van der Waals surface area (Å²) in [5.41, 5.74) is 11.4. The molecule has 0 amide bonds. The molecule has 0 heterocycles. The first kappa shape index (κ1) is 13.9. The van der Waals surface area contributed by atoms with Crippen LogP contribution in [0.3, 0.4) is 0 Å². The van der Waals surface area contributed by atoms with Gasteiger partial charge < -0.3 is 10.5 Å². The van der Waals surface area contributed by atoms with Crippen molar-refractivity contribution >= 4 is 21.6 Å². The van der Waals surface area contributed by atoms with E-state index in [0.717, 1.165) is 15.8 Å². The van der Waals surface area contributed by atoms with Gasteiger partial charge in [0, 0.05) is 4.47 Å². The SMILES string of the molecule is Cc1cccc(C)c1COc1c(C)cc(Br)cc1N. The maximum atomic E-state index is 6.01. The molecule has 100 valence electrons. The fourth-order valence-electron chi connectivity index (χ4n) is 2.17.